The first-order valence-corrected chi connectivity index (χ1v) is 6.16. The van der Waals surface area contributed by atoms with E-state index in [0.29, 0.717) is 12.5 Å². The van der Waals surface area contributed by atoms with Crippen molar-refractivity contribution in [2.75, 3.05) is 20.8 Å². The van der Waals surface area contributed by atoms with E-state index in [-0.39, 0.29) is 0 Å². The second kappa shape index (κ2) is 6.50. The summed E-state index contributed by atoms with van der Waals surface area (Å²) < 4.78 is 10.9. The van der Waals surface area contributed by atoms with Crippen molar-refractivity contribution in [1.82, 2.24) is 0 Å². The molecule has 0 aliphatic carbocycles. The maximum Gasteiger partial charge on any atom is 0.122 e. The van der Waals surface area contributed by atoms with Crippen LogP contribution < -0.4 is 15.2 Å². The van der Waals surface area contributed by atoms with Crippen molar-refractivity contribution < 1.29 is 9.47 Å². The molecule has 0 amide bonds. The van der Waals surface area contributed by atoms with Crippen LogP contribution in [0.4, 0.5) is 0 Å². The van der Waals surface area contributed by atoms with Crippen LogP contribution in [0.3, 0.4) is 0 Å². The molecule has 2 N–H and O–H groups in total. The Morgan fingerprint density at radius 1 is 1.12 bits per heavy atom. The lowest BCUT2D eigenvalue weighted by Gasteiger charge is -2.19. The van der Waals surface area contributed by atoms with Gasteiger partial charge in [0, 0.05) is 5.56 Å². The van der Waals surface area contributed by atoms with E-state index in [2.05, 4.69) is 26.0 Å². The number of nitrogens with two attached hydrogens (primary N) is 1. The summed E-state index contributed by atoms with van der Waals surface area (Å²) in [6, 6.07) is 4.13. The molecule has 3 nitrogen and oxygen atoms in total. The summed E-state index contributed by atoms with van der Waals surface area (Å²) in [5.41, 5.74) is 8.12. The predicted molar refractivity (Wildman–Crippen MR) is 71.0 cm³/mol. The first kappa shape index (κ1) is 13.8. The Balaban J connectivity index is 3.27. The van der Waals surface area contributed by atoms with E-state index < -0.39 is 0 Å². The standard InChI is InChI=1S/C14H23NO2/c1-5-10-7-14(17-4)12(8-13(10)16-3)11(6-2)9-15/h7-8,11H,5-6,9,15H2,1-4H3. The molecule has 0 fully saturated rings. The third-order valence-corrected chi connectivity index (χ3v) is 3.23. The fraction of sp³-hybridized carbons (Fsp3) is 0.571. The highest BCUT2D eigenvalue weighted by atomic mass is 16.5. The lowest BCUT2D eigenvalue weighted by Crippen LogP contribution is -2.13. The number of rotatable bonds is 6. The number of methoxy groups -OCH3 is 2. The number of aryl methyl sites for hydroxylation is 1. The van der Waals surface area contributed by atoms with E-state index >= 15 is 0 Å². The summed E-state index contributed by atoms with van der Waals surface area (Å²) >= 11 is 0. The maximum absolute atomic E-state index is 5.80. The van der Waals surface area contributed by atoms with E-state index in [0.717, 1.165) is 29.9 Å². The first-order valence-electron chi connectivity index (χ1n) is 6.16. The Morgan fingerprint density at radius 2 is 1.76 bits per heavy atom. The minimum atomic E-state index is 0.324. The molecular formula is C14H23NO2. The number of hydrogen-bond donors (Lipinski definition) is 1. The summed E-state index contributed by atoms with van der Waals surface area (Å²) in [6.07, 6.45) is 1.93. The summed E-state index contributed by atoms with van der Waals surface area (Å²) in [5, 5.41) is 0. The number of ether oxygens (including phenoxy) is 2. The predicted octanol–water partition coefficient (Wildman–Crippen LogP) is 2.72. The second-order valence-electron chi connectivity index (χ2n) is 4.10. The Kier molecular flexibility index (Phi) is 5.29. The van der Waals surface area contributed by atoms with Gasteiger partial charge in [-0.25, -0.2) is 0 Å². The minimum Gasteiger partial charge on any atom is -0.496 e. The van der Waals surface area contributed by atoms with E-state index in [9.17, 15) is 0 Å². The molecule has 0 aliphatic heterocycles. The maximum atomic E-state index is 5.80. The number of benzene rings is 1. The molecule has 1 aromatic carbocycles. The third-order valence-electron chi connectivity index (χ3n) is 3.23. The van der Waals surface area contributed by atoms with Crippen molar-refractivity contribution in [3.05, 3.63) is 23.3 Å². The van der Waals surface area contributed by atoms with Crippen molar-refractivity contribution in [3.63, 3.8) is 0 Å². The van der Waals surface area contributed by atoms with Gasteiger partial charge in [-0.1, -0.05) is 13.8 Å². The summed E-state index contributed by atoms with van der Waals surface area (Å²) in [4.78, 5) is 0. The van der Waals surface area contributed by atoms with Gasteiger partial charge < -0.3 is 15.2 Å². The minimum absolute atomic E-state index is 0.324. The highest BCUT2D eigenvalue weighted by Crippen LogP contribution is 2.34. The molecule has 0 saturated heterocycles. The molecule has 0 aromatic heterocycles. The first-order chi connectivity index (χ1) is 8.21. The molecule has 1 atom stereocenters. The second-order valence-corrected chi connectivity index (χ2v) is 4.10. The van der Waals surface area contributed by atoms with Crippen molar-refractivity contribution in [2.45, 2.75) is 32.6 Å². The van der Waals surface area contributed by atoms with Crippen molar-refractivity contribution in [1.29, 1.82) is 0 Å². The Labute approximate surface area is 104 Å². The van der Waals surface area contributed by atoms with Gasteiger partial charge in [-0.3, -0.25) is 0 Å². The third kappa shape index (κ3) is 2.91. The van der Waals surface area contributed by atoms with E-state index in [1.165, 1.54) is 5.56 Å². The van der Waals surface area contributed by atoms with Crippen LogP contribution in [0.2, 0.25) is 0 Å². The molecule has 0 aliphatic rings. The number of hydrogen-bond acceptors (Lipinski definition) is 3. The van der Waals surface area contributed by atoms with Gasteiger partial charge in [0.2, 0.25) is 0 Å². The summed E-state index contributed by atoms with van der Waals surface area (Å²) in [7, 11) is 3.40. The molecule has 1 rings (SSSR count). The molecule has 0 saturated carbocycles. The van der Waals surface area contributed by atoms with Crippen LogP contribution in [-0.2, 0) is 6.42 Å². The molecule has 0 spiro atoms. The SMILES string of the molecule is CCc1cc(OC)c(C(CC)CN)cc1OC. The van der Waals surface area contributed by atoms with E-state index in [1.54, 1.807) is 14.2 Å². The van der Waals surface area contributed by atoms with Crippen LogP contribution >= 0.6 is 0 Å². The zero-order valence-corrected chi connectivity index (χ0v) is 11.2. The molecule has 1 unspecified atom stereocenters. The Morgan fingerprint density at radius 3 is 2.18 bits per heavy atom. The van der Waals surface area contributed by atoms with Crippen molar-refractivity contribution in [3.8, 4) is 11.5 Å². The Bertz CT molecular complexity index is 359. The van der Waals surface area contributed by atoms with Gasteiger partial charge >= 0.3 is 0 Å². The molecule has 3 heteroatoms. The highest BCUT2D eigenvalue weighted by Gasteiger charge is 2.16. The lowest BCUT2D eigenvalue weighted by atomic mass is 9.93. The van der Waals surface area contributed by atoms with Gasteiger partial charge in [0.1, 0.15) is 11.5 Å². The quantitative estimate of drug-likeness (QED) is 0.827. The zero-order chi connectivity index (χ0) is 12.8. The van der Waals surface area contributed by atoms with Crippen LogP contribution in [0.15, 0.2) is 12.1 Å². The molecule has 0 radical (unpaired) electrons. The fourth-order valence-corrected chi connectivity index (χ4v) is 2.09. The van der Waals surface area contributed by atoms with Gasteiger partial charge in [0.15, 0.2) is 0 Å². The largest absolute Gasteiger partial charge is 0.496 e. The van der Waals surface area contributed by atoms with Gasteiger partial charge in [-0.05, 0) is 43.0 Å². The average molecular weight is 237 g/mol. The molecule has 1 aromatic rings. The molecular weight excluding hydrogens is 214 g/mol. The van der Waals surface area contributed by atoms with Crippen LogP contribution in [0.1, 0.15) is 37.3 Å². The topological polar surface area (TPSA) is 44.5 Å². The van der Waals surface area contributed by atoms with Crippen LogP contribution in [0, 0.1) is 0 Å². The van der Waals surface area contributed by atoms with Gasteiger partial charge in [-0.2, -0.15) is 0 Å². The van der Waals surface area contributed by atoms with Crippen LogP contribution in [0.5, 0.6) is 11.5 Å². The summed E-state index contributed by atoms with van der Waals surface area (Å²) in [6.45, 7) is 4.87. The molecule has 0 bridgehead atoms. The zero-order valence-electron chi connectivity index (χ0n) is 11.2. The smallest absolute Gasteiger partial charge is 0.122 e. The van der Waals surface area contributed by atoms with Crippen LogP contribution in [-0.4, -0.2) is 20.8 Å². The lowest BCUT2D eigenvalue weighted by molar-refractivity contribution is 0.391. The molecule has 17 heavy (non-hydrogen) atoms. The Hall–Kier alpha value is -1.22. The highest BCUT2D eigenvalue weighted by molar-refractivity contribution is 5.48. The normalized spacial score (nSPS) is 12.3. The fourth-order valence-electron chi connectivity index (χ4n) is 2.09. The van der Waals surface area contributed by atoms with E-state index in [1.807, 2.05) is 0 Å². The summed E-state index contributed by atoms with van der Waals surface area (Å²) in [5.74, 6) is 2.17. The monoisotopic (exact) mass is 237 g/mol. The van der Waals surface area contributed by atoms with Crippen molar-refractivity contribution in [2.24, 2.45) is 5.73 Å². The van der Waals surface area contributed by atoms with Gasteiger partial charge in [0.05, 0.1) is 14.2 Å². The van der Waals surface area contributed by atoms with Crippen LogP contribution in [0.25, 0.3) is 0 Å². The van der Waals surface area contributed by atoms with Crippen molar-refractivity contribution >= 4 is 0 Å². The molecule has 0 heterocycles. The average Bonchev–Trinajstić information content (AvgIpc) is 2.39. The molecule has 96 valence electrons. The van der Waals surface area contributed by atoms with E-state index in [4.69, 9.17) is 15.2 Å². The van der Waals surface area contributed by atoms with Gasteiger partial charge in [-0.15, -0.1) is 0 Å². The van der Waals surface area contributed by atoms with Gasteiger partial charge in [0.25, 0.3) is 0 Å².